The maximum atomic E-state index is 5.70. The lowest BCUT2D eigenvalue weighted by Gasteiger charge is -2.13. The van der Waals surface area contributed by atoms with Gasteiger partial charge in [0.25, 0.3) is 0 Å². The summed E-state index contributed by atoms with van der Waals surface area (Å²) in [6, 6.07) is 4.32. The molecule has 100 valence electrons. The second kappa shape index (κ2) is 5.75. The normalized spacial score (nSPS) is 22.0. The molecule has 0 radical (unpaired) electrons. The van der Waals surface area contributed by atoms with E-state index in [9.17, 15) is 0 Å². The monoisotopic (exact) mass is 248 g/mol. The Hall–Kier alpha value is -1.02. The van der Waals surface area contributed by atoms with Crippen molar-refractivity contribution in [2.75, 3.05) is 6.61 Å². The maximum Gasteiger partial charge on any atom is 0.119 e. The maximum absolute atomic E-state index is 5.70. The highest BCUT2D eigenvalue weighted by Gasteiger charge is 2.33. The van der Waals surface area contributed by atoms with Crippen LogP contribution in [0.15, 0.2) is 12.1 Å². The molecule has 2 heteroatoms. The molecule has 1 saturated heterocycles. The Morgan fingerprint density at radius 1 is 1.22 bits per heavy atom. The van der Waals surface area contributed by atoms with E-state index in [2.05, 4.69) is 39.8 Å². The number of rotatable bonds is 6. The molecule has 0 aliphatic carbocycles. The van der Waals surface area contributed by atoms with Crippen molar-refractivity contribution < 1.29 is 9.47 Å². The van der Waals surface area contributed by atoms with Crippen molar-refractivity contribution in [2.24, 2.45) is 0 Å². The molecular weight excluding hydrogens is 224 g/mol. The molecule has 1 aliphatic heterocycles. The van der Waals surface area contributed by atoms with Gasteiger partial charge in [0, 0.05) is 0 Å². The molecule has 1 aromatic rings. The van der Waals surface area contributed by atoms with Gasteiger partial charge in [-0.15, -0.1) is 0 Å². The van der Waals surface area contributed by atoms with Crippen LogP contribution < -0.4 is 4.74 Å². The zero-order chi connectivity index (χ0) is 13.1. The molecule has 1 heterocycles. The lowest BCUT2D eigenvalue weighted by molar-refractivity contribution is 0.317. The van der Waals surface area contributed by atoms with E-state index in [4.69, 9.17) is 9.47 Å². The van der Waals surface area contributed by atoms with Gasteiger partial charge in [-0.05, 0) is 68.9 Å². The minimum atomic E-state index is 0.470. The molecule has 0 aromatic heterocycles. The molecule has 0 bridgehead atoms. The molecule has 0 amide bonds. The first-order chi connectivity index (χ1) is 8.61. The number of benzene rings is 1. The summed E-state index contributed by atoms with van der Waals surface area (Å²) < 4.78 is 11.2. The second-order valence-corrected chi connectivity index (χ2v) is 5.30. The Kier molecular flexibility index (Phi) is 4.28. The Balaban J connectivity index is 2.01. The first kappa shape index (κ1) is 13.4. The molecule has 0 spiro atoms. The fourth-order valence-electron chi connectivity index (χ4n) is 2.47. The van der Waals surface area contributed by atoms with Gasteiger partial charge in [-0.1, -0.05) is 6.92 Å². The molecule has 1 aliphatic rings. The lowest BCUT2D eigenvalue weighted by atomic mass is 9.97. The van der Waals surface area contributed by atoms with Crippen LogP contribution in [0.3, 0.4) is 0 Å². The largest absolute Gasteiger partial charge is 0.494 e. The SMILES string of the molecule is CCCOc1cc(C)c(CCC2OC2C)c(C)c1. The quantitative estimate of drug-likeness (QED) is 0.714. The number of ether oxygens (including phenoxy) is 2. The minimum absolute atomic E-state index is 0.470. The summed E-state index contributed by atoms with van der Waals surface area (Å²) in [4.78, 5) is 0. The van der Waals surface area contributed by atoms with E-state index in [1.54, 1.807) is 0 Å². The molecule has 2 nitrogen and oxygen atoms in total. The van der Waals surface area contributed by atoms with Crippen molar-refractivity contribution in [1.29, 1.82) is 0 Å². The van der Waals surface area contributed by atoms with Crippen LogP contribution in [0.2, 0.25) is 0 Å². The van der Waals surface area contributed by atoms with Gasteiger partial charge in [0.05, 0.1) is 18.8 Å². The lowest BCUT2D eigenvalue weighted by Crippen LogP contribution is -2.01. The van der Waals surface area contributed by atoms with E-state index in [0.29, 0.717) is 12.2 Å². The van der Waals surface area contributed by atoms with Gasteiger partial charge in [0.2, 0.25) is 0 Å². The van der Waals surface area contributed by atoms with Crippen molar-refractivity contribution >= 4 is 0 Å². The molecule has 2 rings (SSSR count). The van der Waals surface area contributed by atoms with Crippen molar-refractivity contribution in [1.82, 2.24) is 0 Å². The van der Waals surface area contributed by atoms with E-state index in [0.717, 1.165) is 31.6 Å². The number of aryl methyl sites for hydroxylation is 2. The van der Waals surface area contributed by atoms with E-state index in [1.165, 1.54) is 16.7 Å². The number of hydrogen-bond donors (Lipinski definition) is 0. The predicted octanol–water partition coefficient (Wildman–Crippen LogP) is 3.81. The summed E-state index contributed by atoms with van der Waals surface area (Å²) >= 11 is 0. The standard InChI is InChI=1S/C16H24O2/c1-5-8-17-14-9-11(2)15(12(3)10-14)6-7-16-13(4)18-16/h9-10,13,16H,5-8H2,1-4H3. The molecule has 2 unspecified atom stereocenters. The minimum Gasteiger partial charge on any atom is -0.494 e. The van der Waals surface area contributed by atoms with Gasteiger partial charge in [0.15, 0.2) is 0 Å². The molecule has 1 fully saturated rings. The van der Waals surface area contributed by atoms with Gasteiger partial charge in [0.1, 0.15) is 5.75 Å². The van der Waals surface area contributed by atoms with Gasteiger partial charge in [-0.2, -0.15) is 0 Å². The average Bonchev–Trinajstić information content (AvgIpc) is 3.01. The fraction of sp³-hybridized carbons (Fsp3) is 0.625. The van der Waals surface area contributed by atoms with Crippen LogP contribution in [0.4, 0.5) is 0 Å². The van der Waals surface area contributed by atoms with E-state index < -0.39 is 0 Å². The van der Waals surface area contributed by atoms with Crippen LogP contribution in [0.25, 0.3) is 0 Å². The summed E-state index contributed by atoms with van der Waals surface area (Å²) in [6.45, 7) is 9.43. The highest BCUT2D eigenvalue weighted by atomic mass is 16.6. The van der Waals surface area contributed by atoms with Gasteiger partial charge in [-0.3, -0.25) is 0 Å². The smallest absolute Gasteiger partial charge is 0.119 e. The summed E-state index contributed by atoms with van der Waals surface area (Å²) in [6.07, 6.45) is 4.26. The molecule has 0 N–H and O–H groups in total. The number of epoxide rings is 1. The summed E-state index contributed by atoms with van der Waals surface area (Å²) in [5.41, 5.74) is 4.14. The van der Waals surface area contributed by atoms with Crippen LogP contribution in [0.1, 0.15) is 43.4 Å². The Morgan fingerprint density at radius 3 is 2.33 bits per heavy atom. The third-order valence-corrected chi connectivity index (χ3v) is 3.66. The Bertz CT molecular complexity index is 389. The van der Waals surface area contributed by atoms with Gasteiger partial charge in [-0.25, -0.2) is 0 Å². The van der Waals surface area contributed by atoms with Crippen molar-refractivity contribution in [2.45, 2.75) is 59.2 Å². The summed E-state index contributed by atoms with van der Waals surface area (Å²) in [7, 11) is 0. The third-order valence-electron chi connectivity index (χ3n) is 3.66. The molecule has 0 saturated carbocycles. The van der Waals surface area contributed by atoms with Crippen molar-refractivity contribution in [3.05, 3.63) is 28.8 Å². The summed E-state index contributed by atoms with van der Waals surface area (Å²) in [5.74, 6) is 1.01. The zero-order valence-electron chi connectivity index (χ0n) is 12.0. The number of hydrogen-bond acceptors (Lipinski definition) is 2. The fourth-order valence-corrected chi connectivity index (χ4v) is 2.47. The Morgan fingerprint density at radius 2 is 1.83 bits per heavy atom. The summed E-state index contributed by atoms with van der Waals surface area (Å²) in [5, 5.41) is 0. The zero-order valence-corrected chi connectivity index (χ0v) is 12.0. The molecule has 2 atom stereocenters. The van der Waals surface area contributed by atoms with E-state index in [1.807, 2.05) is 0 Å². The van der Waals surface area contributed by atoms with Crippen LogP contribution in [0, 0.1) is 13.8 Å². The molecule has 18 heavy (non-hydrogen) atoms. The van der Waals surface area contributed by atoms with Crippen LogP contribution >= 0.6 is 0 Å². The highest BCUT2D eigenvalue weighted by molar-refractivity contribution is 5.41. The third kappa shape index (κ3) is 3.26. The average molecular weight is 248 g/mol. The van der Waals surface area contributed by atoms with Crippen LogP contribution in [0.5, 0.6) is 5.75 Å². The predicted molar refractivity (Wildman–Crippen MR) is 74.4 cm³/mol. The highest BCUT2D eigenvalue weighted by Crippen LogP contribution is 2.29. The van der Waals surface area contributed by atoms with E-state index >= 15 is 0 Å². The topological polar surface area (TPSA) is 21.8 Å². The van der Waals surface area contributed by atoms with Crippen LogP contribution in [-0.2, 0) is 11.2 Å². The first-order valence-electron chi connectivity index (χ1n) is 7.00. The second-order valence-electron chi connectivity index (χ2n) is 5.30. The van der Waals surface area contributed by atoms with Crippen molar-refractivity contribution in [3.8, 4) is 5.75 Å². The Labute approximate surface area is 110 Å². The van der Waals surface area contributed by atoms with E-state index in [-0.39, 0.29) is 0 Å². The molecular formula is C16H24O2. The van der Waals surface area contributed by atoms with Crippen LogP contribution in [-0.4, -0.2) is 18.8 Å². The van der Waals surface area contributed by atoms with Gasteiger partial charge >= 0.3 is 0 Å². The van der Waals surface area contributed by atoms with Gasteiger partial charge < -0.3 is 9.47 Å². The first-order valence-corrected chi connectivity index (χ1v) is 7.00. The molecule has 1 aromatic carbocycles. The van der Waals surface area contributed by atoms with Crippen molar-refractivity contribution in [3.63, 3.8) is 0 Å².